The molecule has 0 unspecified atom stereocenters. The lowest BCUT2D eigenvalue weighted by atomic mass is 9.94. The summed E-state index contributed by atoms with van der Waals surface area (Å²) >= 11 is 6.03. The molecule has 4 rings (SSSR count). The van der Waals surface area contributed by atoms with Gasteiger partial charge in [-0.05, 0) is 43.3 Å². The Morgan fingerprint density at radius 3 is 2.77 bits per heavy atom. The van der Waals surface area contributed by atoms with Gasteiger partial charge in [-0.2, -0.15) is 5.10 Å². The normalized spacial score (nSPS) is 18.4. The summed E-state index contributed by atoms with van der Waals surface area (Å²) in [5, 5.41) is 7.90. The van der Waals surface area contributed by atoms with Crippen molar-refractivity contribution in [2.45, 2.75) is 19.0 Å². The fourth-order valence-electron chi connectivity index (χ4n) is 3.58. The van der Waals surface area contributed by atoms with E-state index < -0.39 is 5.54 Å². The van der Waals surface area contributed by atoms with Gasteiger partial charge < -0.3 is 14.5 Å². The van der Waals surface area contributed by atoms with Crippen LogP contribution < -0.4 is 10.2 Å². The fraction of sp³-hybridized carbons (Fsp3) is 0.286. The predicted molar refractivity (Wildman–Crippen MR) is 111 cm³/mol. The van der Waals surface area contributed by atoms with Crippen LogP contribution in [0.25, 0.3) is 11.5 Å². The molecule has 0 aliphatic carbocycles. The maximum atomic E-state index is 13.5. The van der Waals surface area contributed by atoms with Gasteiger partial charge in [0.15, 0.2) is 5.76 Å². The highest BCUT2D eigenvalue weighted by molar-refractivity contribution is 6.30. The van der Waals surface area contributed by atoms with Gasteiger partial charge in [0.05, 0.1) is 19.4 Å². The van der Waals surface area contributed by atoms with Crippen LogP contribution >= 0.6 is 11.6 Å². The zero-order valence-corrected chi connectivity index (χ0v) is 17.3. The van der Waals surface area contributed by atoms with Crippen LogP contribution in [0, 0.1) is 0 Å². The maximum absolute atomic E-state index is 13.5. The van der Waals surface area contributed by atoms with Crippen LogP contribution in [0.15, 0.2) is 53.1 Å². The molecule has 3 heterocycles. The molecule has 2 amide bonds. The minimum absolute atomic E-state index is 0.177. The van der Waals surface area contributed by atoms with Crippen LogP contribution in [0.1, 0.15) is 17.4 Å². The Morgan fingerprint density at radius 2 is 2.10 bits per heavy atom. The second kappa shape index (κ2) is 7.97. The number of carbonyl (C=O) groups is 2. The highest BCUT2D eigenvalue weighted by Gasteiger charge is 2.48. The number of carbonyl (C=O) groups excluding carboxylic acids is 2. The smallest absolute Gasteiger partial charge is 0.277 e. The third-order valence-corrected chi connectivity index (χ3v) is 5.34. The minimum atomic E-state index is -1.21. The van der Waals surface area contributed by atoms with E-state index in [2.05, 4.69) is 10.4 Å². The molecule has 3 aromatic rings. The molecule has 1 aromatic carbocycles. The molecule has 0 bridgehead atoms. The molecule has 30 heavy (non-hydrogen) atoms. The fourth-order valence-corrected chi connectivity index (χ4v) is 3.70. The molecular weight excluding hydrogens is 408 g/mol. The first-order chi connectivity index (χ1) is 14.4. The van der Waals surface area contributed by atoms with E-state index in [1.54, 1.807) is 67.4 Å². The standard InChI is InChI=1S/C21H21ClN4O4/c1-21(20(28)23-9-11-29-2)13-25-17(12-16(24-25)18-4-3-10-30-18)19(27)26(21)15-7-5-14(22)6-8-15/h3-8,10,12H,9,11,13H2,1-2H3,(H,23,28)/t21-/m1/s1. The number of hydrogen-bond donors (Lipinski definition) is 1. The van der Waals surface area contributed by atoms with Gasteiger partial charge in [-0.15, -0.1) is 0 Å². The van der Waals surface area contributed by atoms with E-state index in [1.165, 1.54) is 4.90 Å². The van der Waals surface area contributed by atoms with Crippen molar-refractivity contribution in [2.24, 2.45) is 0 Å². The van der Waals surface area contributed by atoms with Gasteiger partial charge in [0.25, 0.3) is 5.91 Å². The van der Waals surface area contributed by atoms with Crippen molar-refractivity contribution >= 4 is 29.1 Å². The van der Waals surface area contributed by atoms with Crippen LogP contribution in [0.3, 0.4) is 0 Å². The number of furan rings is 1. The molecule has 1 aliphatic heterocycles. The zero-order valence-electron chi connectivity index (χ0n) is 16.6. The summed E-state index contributed by atoms with van der Waals surface area (Å²) in [4.78, 5) is 28.2. The Hall–Kier alpha value is -3.10. The highest BCUT2D eigenvalue weighted by Crippen LogP contribution is 2.34. The first-order valence-corrected chi connectivity index (χ1v) is 9.81. The quantitative estimate of drug-likeness (QED) is 0.609. The number of methoxy groups -OCH3 is 1. The number of fused-ring (bicyclic) bond motifs is 1. The van der Waals surface area contributed by atoms with Gasteiger partial charge >= 0.3 is 0 Å². The second-order valence-electron chi connectivity index (χ2n) is 7.19. The molecule has 0 saturated heterocycles. The van der Waals surface area contributed by atoms with Crippen molar-refractivity contribution in [3.8, 4) is 11.5 Å². The van der Waals surface area contributed by atoms with Crippen molar-refractivity contribution in [3.63, 3.8) is 0 Å². The molecule has 1 aliphatic rings. The molecule has 0 spiro atoms. The SMILES string of the molecule is COCCNC(=O)[C@@]1(C)Cn2nc(-c3ccco3)cc2C(=O)N1c1ccc(Cl)cc1. The van der Waals surface area contributed by atoms with Crippen molar-refractivity contribution in [3.05, 3.63) is 59.4 Å². The first-order valence-electron chi connectivity index (χ1n) is 9.43. The molecule has 156 valence electrons. The van der Waals surface area contributed by atoms with E-state index in [-0.39, 0.29) is 18.4 Å². The van der Waals surface area contributed by atoms with E-state index in [0.29, 0.717) is 41.0 Å². The number of hydrogen-bond acceptors (Lipinski definition) is 5. The summed E-state index contributed by atoms with van der Waals surface area (Å²) in [7, 11) is 1.56. The molecule has 1 N–H and O–H groups in total. The number of nitrogens with zero attached hydrogens (tertiary/aromatic N) is 3. The monoisotopic (exact) mass is 428 g/mol. The molecule has 2 aromatic heterocycles. The average Bonchev–Trinajstić information content (AvgIpc) is 3.39. The van der Waals surface area contributed by atoms with Gasteiger partial charge in [0.1, 0.15) is 16.9 Å². The summed E-state index contributed by atoms with van der Waals surface area (Å²) in [6, 6.07) is 12.0. The predicted octanol–water partition coefficient (Wildman–Crippen LogP) is 2.98. The summed E-state index contributed by atoms with van der Waals surface area (Å²) in [6.07, 6.45) is 1.54. The van der Waals surface area contributed by atoms with Crippen LogP contribution in [0.4, 0.5) is 5.69 Å². The Kier molecular flexibility index (Phi) is 5.36. The Balaban J connectivity index is 1.77. The van der Waals surface area contributed by atoms with Gasteiger partial charge in [-0.25, -0.2) is 0 Å². The van der Waals surface area contributed by atoms with Crippen molar-refractivity contribution in [2.75, 3.05) is 25.2 Å². The van der Waals surface area contributed by atoms with E-state index in [0.717, 1.165) is 0 Å². The van der Waals surface area contributed by atoms with Gasteiger partial charge in [0, 0.05) is 30.4 Å². The van der Waals surface area contributed by atoms with Crippen LogP contribution in [-0.4, -0.2) is 47.4 Å². The third kappa shape index (κ3) is 3.48. The second-order valence-corrected chi connectivity index (χ2v) is 7.63. The number of nitrogens with one attached hydrogen (secondary N) is 1. The number of ether oxygens (including phenoxy) is 1. The lowest BCUT2D eigenvalue weighted by Gasteiger charge is -2.43. The molecule has 0 radical (unpaired) electrons. The van der Waals surface area contributed by atoms with Crippen molar-refractivity contribution in [1.29, 1.82) is 0 Å². The number of halogens is 1. The first kappa shape index (κ1) is 20.2. The van der Waals surface area contributed by atoms with Crippen molar-refractivity contribution in [1.82, 2.24) is 15.1 Å². The Labute approximate surface area is 178 Å². The number of aromatic nitrogens is 2. The number of rotatable bonds is 6. The Morgan fingerprint density at radius 1 is 1.33 bits per heavy atom. The van der Waals surface area contributed by atoms with Gasteiger partial charge in [-0.1, -0.05) is 11.6 Å². The molecule has 8 nitrogen and oxygen atoms in total. The third-order valence-electron chi connectivity index (χ3n) is 5.09. The molecule has 1 atom stereocenters. The van der Waals surface area contributed by atoms with Gasteiger partial charge in [-0.3, -0.25) is 19.2 Å². The zero-order chi connectivity index (χ0) is 21.3. The maximum Gasteiger partial charge on any atom is 0.277 e. The number of benzene rings is 1. The average molecular weight is 429 g/mol. The highest BCUT2D eigenvalue weighted by atomic mass is 35.5. The van der Waals surface area contributed by atoms with Gasteiger partial charge in [0.2, 0.25) is 5.91 Å². The molecular formula is C21H21ClN4O4. The summed E-state index contributed by atoms with van der Waals surface area (Å²) in [6.45, 7) is 2.60. The molecule has 0 saturated carbocycles. The molecule has 9 heteroatoms. The van der Waals surface area contributed by atoms with E-state index >= 15 is 0 Å². The lowest BCUT2D eigenvalue weighted by molar-refractivity contribution is -0.126. The number of anilines is 1. The van der Waals surface area contributed by atoms with E-state index in [9.17, 15) is 9.59 Å². The van der Waals surface area contributed by atoms with Crippen LogP contribution in [0.2, 0.25) is 5.02 Å². The topological polar surface area (TPSA) is 89.6 Å². The molecule has 0 fully saturated rings. The number of amides is 2. The van der Waals surface area contributed by atoms with Crippen molar-refractivity contribution < 1.29 is 18.7 Å². The lowest BCUT2D eigenvalue weighted by Crippen LogP contribution is -2.64. The summed E-state index contributed by atoms with van der Waals surface area (Å²) in [5.41, 5.74) is 0.265. The summed E-state index contributed by atoms with van der Waals surface area (Å²) < 4.78 is 12.0. The Bertz CT molecular complexity index is 1060. The largest absolute Gasteiger partial charge is 0.463 e. The van der Waals surface area contributed by atoms with E-state index in [4.69, 9.17) is 20.8 Å². The summed E-state index contributed by atoms with van der Waals surface area (Å²) in [5.74, 6) is -0.0872. The van der Waals surface area contributed by atoms with Crippen LogP contribution in [0.5, 0.6) is 0 Å². The van der Waals surface area contributed by atoms with E-state index in [1.807, 2.05) is 0 Å². The van der Waals surface area contributed by atoms with Crippen LogP contribution in [-0.2, 0) is 16.1 Å². The minimum Gasteiger partial charge on any atom is -0.463 e.